The number of nitrogens with one attached hydrogen (secondary N) is 1. The summed E-state index contributed by atoms with van der Waals surface area (Å²) in [4.78, 5) is 0. The molecule has 0 aliphatic carbocycles. The normalized spacial score (nSPS) is 13.7. The lowest BCUT2D eigenvalue weighted by molar-refractivity contribution is 0.177. The number of nitrogens with two attached hydrogens (primary N) is 1. The Morgan fingerprint density at radius 2 is 2.18 bits per heavy atom. The highest BCUT2D eigenvalue weighted by Crippen LogP contribution is 2.24. The molecule has 1 rings (SSSR count). The Kier molecular flexibility index (Phi) is 5.59. The van der Waals surface area contributed by atoms with Gasteiger partial charge in [0, 0.05) is 29.5 Å². The predicted octanol–water partition coefficient (Wildman–Crippen LogP) is 1.64. The molecule has 0 amide bonds. The lowest BCUT2D eigenvalue weighted by Gasteiger charge is -2.26. The Morgan fingerprint density at radius 3 is 2.76 bits per heavy atom. The van der Waals surface area contributed by atoms with E-state index in [0.29, 0.717) is 13.1 Å². The van der Waals surface area contributed by atoms with E-state index >= 15 is 0 Å². The van der Waals surface area contributed by atoms with E-state index in [2.05, 4.69) is 47.2 Å². The van der Waals surface area contributed by atoms with E-state index in [0.717, 1.165) is 11.0 Å². The molecule has 0 bridgehead atoms. The van der Waals surface area contributed by atoms with Gasteiger partial charge in [-0.3, -0.25) is 0 Å². The van der Waals surface area contributed by atoms with Crippen LogP contribution in [-0.2, 0) is 5.41 Å². The van der Waals surface area contributed by atoms with Crippen LogP contribution in [0.3, 0.4) is 0 Å². The molecule has 4 N–H and O–H groups in total. The molecule has 0 spiro atoms. The first-order valence-corrected chi connectivity index (χ1v) is 6.60. The lowest BCUT2D eigenvalue weighted by Crippen LogP contribution is -2.39. The maximum Gasteiger partial charge on any atom is 0.0786 e. The Balaban J connectivity index is 2.56. The summed E-state index contributed by atoms with van der Waals surface area (Å²) in [5, 5.41) is 12.6. The average Bonchev–Trinajstić information content (AvgIpc) is 2.28. The van der Waals surface area contributed by atoms with Gasteiger partial charge >= 0.3 is 0 Å². The SMILES string of the molecule is CC(C)(CNCC(O)CN)c1cccc(Br)c1. The van der Waals surface area contributed by atoms with Gasteiger partial charge in [0.05, 0.1) is 6.10 Å². The zero-order valence-electron chi connectivity index (χ0n) is 10.4. The van der Waals surface area contributed by atoms with Crippen LogP contribution in [0.1, 0.15) is 19.4 Å². The van der Waals surface area contributed by atoms with Crippen LogP contribution in [0.15, 0.2) is 28.7 Å². The van der Waals surface area contributed by atoms with Crippen LogP contribution in [0.2, 0.25) is 0 Å². The van der Waals surface area contributed by atoms with Gasteiger partial charge in [0.1, 0.15) is 0 Å². The van der Waals surface area contributed by atoms with Crippen LogP contribution < -0.4 is 11.1 Å². The smallest absolute Gasteiger partial charge is 0.0786 e. The summed E-state index contributed by atoms with van der Waals surface area (Å²) in [6, 6.07) is 8.30. The van der Waals surface area contributed by atoms with Crippen molar-refractivity contribution in [3.05, 3.63) is 34.3 Å². The van der Waals surface area contributed by atoms with Crippen molar-refractivity contribution in [1.29, 1.82) is 0 Å². The number of aliphatic hydroxyl groups is 1. The minimum absolute atomic E-state index is 0.0259. The molecule has 0 fully saturated rings. The van der Waals surface area contributed by atoms with E-state index in [1.165, 1.54) is 5.56 Å². The molecular weight excluding hydrogens is 280 g/mol. The molecule has 0 saturated heterocycles. The fourth-order valence-electron chi connectivity index (χ4n) is 1.65. The molecule has 0 heterocycles. The molecule has 1 unspecified atom stereocenters. The summed E-state index contributed by atoms with van der Waals surface area (Å²) in [6.45, 7) is 5.99. The van der Waals surface area contributed by atoms with Crippen LogP contribution >= 0.6 is 15.9 Å². The van der Waals surface area contributed by atoms with Crippen LogP contribution in [0, 0.1) is 0 Å². The molecule has 17 heavy (non-hydrogen) atoms. The van der Waals surface area contributed by atoms with Gasteiger partial charge in [0.25, 0.3) is 0 Å². The zero-order valence-corrected chi connectivity index (χ0v) is 12.0. The van der Waals surface area contributed by atoms with Gasteiger partial charge in [-0.2, -0.15) is 0 Å². The molecule has 0 aliphatic rings. The second kappa shape index (κ2) is 6.50. The van der Waals surface area contributed by atoms with Crippen molar-refractivity contribution in [3.63, 3.8) is 0 Å². The quantitative estimate of drug-likeness (QED) is 0.748. The van der Waals surface area contributed by atoms with Crippen molar-refractivity contribution < 1.29 is 5.11 Å². The number of hydrogen-bond donors (Lipinski definition) is 3. The molecule has 1 aromatic carbocycles. The van der Waals surface area contributed by atoms with Gasteiger partial charge in [0.2, 0.25) is 0 Å². The van der Waals surface area contributed by atoms with Crippen molar-refractivity contribution in [1.82, 2.24) is 5.32 Å². The van der Waals surface area contributed by atoms with Crippen LogP contribution in [0.4, 0.5) is 0 Å². The molecule has 0 aliphatic heterocycles. The number of benzene rings is 1. The van der Waals surface area contributed by atoms with Crippen molar-refractivity contribution in [3.8, 4) is 0 Å². The lowest BCUT2D eigenvalue weighted by atomic mass is 9.84. The first-order valence-electron chi connectivity index (χ1n) is 5.80. The third-order valence-electron chi connectivity index (χ3n) is 2.83. The van der Waals surface area contributed by atoms with Gasteiger partial charge in [0.15, 0.2) is 0 Å². The molecule has 0 saturated carbocycles. The Morgan fingerprint density at radius 1 is 1.47 bits per heavy atom. The van der Waals surface area contributed by atoms with Crippen LogP contribution in [0.25, 0.3) is 0 Å². The number of halogens is 1. The van der Waals surface area contributed by atoms with E-state index in [4.69, 9.17) is 5.73 Å². The molecule has 0 radical (unpaired) electrons. The summed E-state index contributed by atoms with van der Waals surface area (Å²) in [5.74, 6) is 0. The second-order valence-corrected chi connectivity index (χ2v) is 5.83. The van der Waals surface area contributed by atoms with Gasteiger partial charge in [-0.1, -0.05) is 41.9 Å². The summed E-state index contributed by atoms with van der Waals surface area (Å²) < 4.78 is 1.09. The topological polar surface area (TPSA) is 58.3 Å². The van der Waals surface area contributed by atoms with Gasteiger partial charge < -0.3 is 16.2 Å². The fraction of sp³-hybridized carbons (Fsp3) is 0.538. The Bertz CT molecular complexity index is 355. The average molecular weight is 301 g/mol. The van der Waals surface area contributed by atoms with E-state index in [-0.39, 0.29) is 5.41 Å². The van der Waals surface area contributed by atoms with Crippen molar-refractivity contribution >= 4 is 15.9 Å². The first-order chi connectivity index (χ1) is 7.95. The molecule has 4 heteroatoms. The molecule has 96 valence electrons. The van der Waals surface area contributed by atoms with Gasteiger partial charge in [-0.25, -0.2) is 0 Å². The Hall–Kier alpha value is -0.420. The number of rotatable bonds is 6. The third kappa shape index (κ3) is 4.76. The second-order valence-electron chi connectivity index (χ2n) is 4.91. The molecule has 1 aromatic rings. The van der Waals surface area contributed by atoms with Crippen molar-refractivity contribution in [2.75, 3.05) is 19.6 Å². The minimum atomic E-state index is -0.465. The number of aliphatic hydroxyl groups excluding tert-OH is 1. The molecule has 1 atom stereocenters. The standard InChI is InChI=1S/C13H21BrN2O/c1-13(2,9-16-8-12(17)7-15)10-4-3-5-11(14)6-10/h3-6,12,16-17H,7-9,15H2,1-2H3. The van der Waals surface area contributed by atoms with E-state index in [1.807, 2.05) is 12.1 Å². The van der Waals surface area contributed by atoms with E-state index < -0.39 is 6.10 Å². The van der Waals surface area contributed by atoms with Crippen molar-refractivity contribution in [2.24, 2.45) is 5.73 Å². The monoisotopic (exact) mass is 300 g/mol. The largest absolute Gasteiger partial charge is 0.390 e. The summed E-state index contributed by atoms with van der Waals surface area (Å²) in [5.41, 5.74) is 6.65. The summed E-state index contributed by atoms with van der Waals surface area (Å²) in [6.07, 6.45) is -0.465. The number of hydrogen-bond acceptors (Lipinski definition) is 3. The van der Waals surface area contributed by atoms with Gasteiger partial charge in [-0.15, -0.1) is 0 Å². The first kappa shape index (κ1) is 14.6. The van der Waals surface area contributed by atoms with E-state index in [9.17, 15) is 5.11 Å². The summed E-state index contributed by atoms with van der Waals surface area (Å²) >= 11 is 3.48. The highest BCUT2D eigenvalue weighted by molar-refractivity contribution is 9.10. The fourth-order valence-corrected chi connectivity index (χ4v) is 2.05. The maximum absolute atomic E-state index is 9.37. The maximum atomic E-state index is 9.37. The van der Waals surface area contributed by atoms with E-state index in [1.54, 1.807) is 0 Å². The highest BCUT2D eigenvalue weighted by Gasteiger charge is 2.20. The molecule has 0 aromatic heterocycles. The van der Waals surface area contributed by atoms with Crippen LogP contribution in [0.5, 0.6) is 0 Å². The Labute approximate surface area is 112 Å². The molecule has 3 nitrogen and oxygen atoms in total. The highest BCUT2D eigenvalue weighted by atomic mass is 79.9. The predicted molar refractivity (Wildman–Crippen MR) is 75.1 cm³/mol. The van der Waals surface area contributed by atoms with Gasteiger partial charge in [-0.05, 0) is 17.7 Å². The van der Waals surface area contributed by atoms with Crippen molar-refractivity contribution in [2.45, 2.75) is 25.4 Å². The summed E-state index contributed by atoms with van der Waals surface area (Å²) in [7, 11) is 0. The molecular formula is C13H21BrN2O. The zero-order chi connectivity index (χ0) is 12.9. The third-order valence-corrected chi connectivity index (χ3v) is 3.32. The van der Waals surface area contributed by atoms with Crippen LogP contribution in [-0.4, -0.2) is 30.8 Å². The minimum Gasteiger partial charge on any atom is -0.390 e.